The van der Waals surface area contributed by atoms with Crippen LogP contribution in [-0.4, -0.2) is 38.3 Å². The highest BCUT2D eigenvalue weighted by atomic mass is 35.5. The summed E-state index contributed by atoms with van der Waals surface area (Å²) >= 11 is 5.81. The summed E-state index contributed by atoms with van der Waals surface area (Å²) in [6, 6.07) is 8.55. The van der Waals surface area contributed by atoms with Gasteiger partial charge in [0.25, 0.3) is 0 Å². The van der Waals surface area contributed by atoms with Crippen molar-refractivity contribution in [1.29, 1.82) is 0 Å². The van der Waals surface area contributed by atoms with E-state index in [-0.39, 0.29) is 28.8 Å². The molecule has 0 spiro atoms. The first-order valence-electron chi connectivity index (χ1n) is 8.39. The van der Waals surface area contributed by atoms with E-state index in [1.807, 2.05) is 0 Å². The van der Waals surface area contributed by atoms with Crippen LogP contribution in [0.4, 0.5) is 13.2 Å². The summed E-state index contributed by atoms with van der Waals surface area (Å²) in [6.07, 6.45) is 0. The van der Waals surface area contributed by atoms with Crippen LogP contribution in [0.15, 0.2) is 47.4 Å². The molecular weight excluding hydrogens is 433 g/mol. The summed E-state index contributed by atoms with van der Waals surface area (Å²) in [4.78, 5) is 11.9. The number of halogens is 4. The van der Waals surface area contributed by atoms with Gasteiger partial charge in [0.1, 0.15) is 11.6 Å². The number of sulfonamides is 1. The van der Waals surface area contributed by atoms with Crippen LogP contribution in [0.5, 0.6) is 5.75 Å². The Labute approximate surface area is 171 Å². The molecule has 6 nitrogen and oxygen atoms in total. The number of hydrogen-bond donors (Lipinski definition) is 1. The second-order valence-corrected chi connectivity index (χ2v) is 8.15. The largest absolute Gasteiger partial charge is 0.433 e. The molecule has 2 aromatic rings. The molecule has 0 aliphatic heterocycles. The van der Waals surface area contributed by atoms with Crippen molar-refractivity contribution >= 4 is 27.5 Å². The van der Waals surface area contributed by atoms with Crippen molar-refractivity contribution in [3.05, 3.63) is 58.9 Å². The average molecular weight is 451 g/mol. The Hall–Kier alpha value is -2.30. The fourth-order valence-electron chi connectivity index (χ4n) is 2.37. The van der Waals surface area contributed by atoms with E-state index >= 15 is 0 Å². The van der Waals surface area contributed by atoms with Crippen LogP contribution >= 0.6 is 11.6 Å². The number of benzene rings is 2. The van der Waals surface area contributed by atoms with Crippen molar-refractivity contribution in [2.75, 3.05) is 13.1 Å². The lowest BCUT2D eigenvalue weighted by Crippen LogP contribution is -2.40. The molecule has 158 valence electrons. The van der Waals surface area contributed by atoms with Gasteiger partial charge >= 0.3 is 6.61 Å². The Bertz CT molecular complexity index is 956. The number of amides is 1. The van der Waals surface area contributed by atoms with Crippen molar-refractivity contribution in [2.45, 2.75) is 25.0 Å². The average Bonchev–Trinajstić information content (AvgIpc) is 2.66. The first-order valence-corrected chi connectivity index (χ1v) is 10.2. The molecule has 0 fully saturated rings. The molecule has 0 radical (unpaired) electrons. The third-order valence-electron chi connectivity index (χ3n) is 3.83. The summed E-state index contributed by atoms with van der Waals surface area (Å²) in [5.41, 5.74) is 0.645. The minimum absolute atomic E-state index is 0.0147. The third-order valence-corrected chi connectivity index (χ3v) is 6.04. The summed E-state index contributed by atoms with van der Waals surface area (Å²) in [5.74, 6) is -1.34. The molecular formula is C18H18ClF3N2O4S. The first kappa shape index (κ1) is 23.0. The maximum atomic E-state index is 12.9. The van der Waals surface area contributed by atoms with Gasteiger partial charge in [0.15, 0.2) is 0 Å². The van der Waals surface area contributed by atoms with Crippen molar-refractivity contribution in [2.24, 2.45) is 0 Å². The van der Waals surface area contributed by atoms with Gasteiger partial charge in [0.2, 0.25) is 15.9 Å². The third kappa shape index (κ3) is 6.34. The van der Waals surface area contributed by atoms with Crippen LogP contribution in [-0.2, 0) is 21.4 Å². The molecule has 0 saturated heterocycles. The number of nitrogens with one attached hydrogen (secondary N) is 1. The van der Waals surface area contributed by atoms with E-state index < -0.39 is 34.9 Å². The Morgan fingerprint density at radius 3 is 2.41 bits per heavy atom. The molecule has 2 rings (SSSR count). The van der Waals surface area contributed by atoms with Crippen LogP contribution in [0.1, 0.15) is 12.5 Å². The molecule has 2 aromatic carbocycles. The Kier molecular flexibility index (Phi) is 7.88. The van der Waals surface area contributed by atoms with Crippen LogP contribution < -0.4 is 10.1 Å². The molecule has 0 atom stereocenters. The van der Waals surface area contributed by atoms with E-state index in [1.165, 1.54) is 24.3 Å². The fourth-order valence-corrected chi connectivity index (χ4v) is 4.09. The molecule has 29 heavy (non-hydrogen) atoms. The molecule has 0 aliphatic carbocycles. The predicted octanol–water partition coefficient (Wildman–Crippen LogP) is 3.41. The summed E-state index contributed by atoms with van der Waals surface area (Å²) < 4.78 is 68.1. The molecule has 0 bridgehead atoms. The highest BCUT2D eigenvalue weighted by Crippen LogP contribution is 2.29. The Morgan fingerprint density at radius 2 is 1.86 bits per heavy atom. The number of hydrogen-bond acceptors (Lipinski definition) is 4. The number of rotatable bonds is 9. The van der Waals surface area contributed by atoms with E-state index in [0.717, 1.165) is 22.5 Å². The van der Waals surface area contributed by atoms with E-state index in [9.17, 15) is 26.4 Å². The van der Waals surface area contributed by atoms with Crippen LogP contribution in [0, 0.1) is 5.82 Å². The zero-order valence-electron chi connectivity index (χ0n) is 15.2. The summed E-state index contributed by atoms with van der Waals surface area (Å²) in [7, 11) is -4.11. The van der Waals surface area contributed by atoms with E-state index in [2.05, 4.69) is 10.1 Å². The second kappa shape index (κ2) is 9.95. The number of carbonyl (C=O) groups is 1. The normalized spacial score (nSPS) is 11.7. The van der Waals surface area contributed by atoms with Crippen molar-refractivity contribution in [1.82, 2.24) is 9.62 Å². The molecule has 0 aliphatic rings. The Balaban J connectivity index is 2.07. The number of likely N-dealkylation sites (N-methyl/N-ethyl adjacent to an activating group) is 1. The van der Waals surface area contributed by atoms with Gasteiger partial charge in [-0.25, -0.2) is 12.8 Å². The molecule has 11 heteroatoms. The van der Waals surface area contributed by atoms with Gasteiger partial charge in [-0.3, -0.25) is 4.79 Å². The number of alkyl halides is 2. The Morgan fingerprint density at radius 1 is 1.21 bits per heavy atom. The molecule has 1 amide bonds. The first-order chi connectivity index (χ1) is 13.6. The molecule has 0 saturated carbocycles. The number of carbonyl (C=O) groups excluding carboxylic acids is 1. The fraction of sp³-hybridized carbons (Fsp3) is 0.278. The van der Waals surface area contributed by atoms with Gasteiger partial charge in [-0.15, -0.1) is 0 Å². The zero-order valence-corrected chi connectivity index (χ0v) is 16.8. The van der Waals surface area contributed by atoms with Gasteiger partial charge in [-0.1, -0.05) is 30.7 Å². The highest BCUT2D eigenvalue weighted by Gasteiger charge is 2.26. The van der Waals surface area contributed by atoms with Gasteiger partial charge in [-0.2, -0.15) is 13.1 Å². The van der Waals surface area contributed by atoms with E-state index in [1.54, 1.807) is 6.92 Å². The van der Waals surface area contributed by atoms with E-state index in [4.69, 9.17) is 11.6 Å². The van der Waals surface area contributed by atoms with Crippen LogP contribution in [0.25, 0.3) is 0 Å². The molecule has 0 unspecified atom stereocenters. The molecule has 0 aromatic heterocycles. The molecule has 0 heterocycles. The van der Waals surface area contributed by atoms with Gasteiger partial charge < -0.3 is 10.1 Å². The topological polar surface area (TPSA) is 75.7 Å². The zero-order chi connectivity index (χ0) is 21.6. The predicted molar refractivity (Wildman–Crippen MR) is 101 cm³/mol. The lowest BCUT2D eigenvalue weighted by atomic mass is 10.2. The van der Waals surface area contributed by atoms with Crippen molar-refractivity contribution in [3.63, 3.8) is 0 Å². The minimum atomic E-state index is -4.11. The van der Waals surface area contributed by atoms with Crippen LogP contribution in [0.3, 0.4) is 0 Å². The van der Waals surface area contributed by atoms with Crippen LogP contribution in [0.2, 0.25) is 5.02 Å². The van der Waals surface area contributed by atoms with Gasteiger partial charge in [0, 0.05) is 13.1 Å². The quantitative estimate of drug-likeness (QED) is 0.635. The van der Waals surface area contributed by atoms with E-state index in [0.29, 0.717) is 5.56 Å². The molecule has 1 N–H and O–H groups in total. The maximum absolute atomic E-state index is 12.9. The summed E-state index contributed by atoms with van der Waals surface area (Å²) in [6.45, 7) is -1.94. The SMILES string of the molecule is CCN(CC(=O)NCc1ccc(F)cc1)S(=O)(=O)c1ccc(OC(F)F)c(Cl)c1. The number of nitrogens with zero attached hydrogens (tertiary/aromatic N) is 1. The maximum Gasteiger partial charge on any atom is 0.387 e. The lowest BCUT2D eigenvalue weighted by molar-refractivity contribution is -0.121. The summed E-state index contributed by atoms with van der Waals surface area (Å²) in [5, 5.41) is 2.25. The highest BCUT2D eigenvalue weighted by molar-refractivity contribution is 7.89. The minimum Gasteiger partial charge on any atom is -0.433 e. The van der Waals surface area contributed by atoms with Gasteiger partial charge in [-0.05, 0) is 35.9 Å². The van der Waals surface area contributed by atoms with Crippen molar-refractivity contribution in [3.8, 4) is 5.75 Å². The standard InChI is InChI=1S/C18H18ClF3N2O4S/c1-2-24(11-17(25)23-10-12-3-5-13(20)6-4-12)29(26,27)14-7-8-16(15(19)9-14)28-18(21)22/h3-9,18H,2,10-11H2,1H3,(H,23,25). The lowest BCUT2D eigenvalue weighted by Gasteiger charge is -2.20. The monoisotopic (exact) mass is 450 g/mol. The van der Waals surface area contributed by atoms with Gasteiger partial charge in [0.05, 0.1) is 16.5 Å². The smallest absolute Gasteiger partial charge is 0.387 e. The second-order valence-electron chi connectivity index (χ2n) is 5.81. The number of ether oxygens (including phenoxy) is 1. The van der Waals surface area contributed by atoms with Crippen molar-refractivity contribution < 1.29 is 31.1 Å².